The molecule has 0 saturated heterocycles. The van der Waals surface area contributed by atoms with Crippen LogP contribution in [0, 0.1) is 11.8 Å². The highest BCUT2D eigenvalue weighted by atomic mass is 16.1. The number of nitrogens with two attached hydrogens (primary N) is 2. The summed E-state index contributed by atoms with van der Waals surface area (Å²) in [6.07, 6.45) is 1.41. The van der Waals surface area contributed by atoms with E-state index >= 15 is 0 Å². The molecule has 0 aliphatic rings. The number of amides is 1. The Hall–Kier alpha value is -0.570. The highest BCUT2D eigenvalue weighted by Crippen LogP contribution is 2.13. The van der Waals surface area contributed by atoms with Gasteiger partial charge >= 0.3 is 0 Å². The van der Waals surface area contributed by atoms with Crippen molar-refractivity contribution in [3.63, 3.8) is 0 Å². The van der Waals surface area contributed by atoms with Crippen LogP contribution in [0.25, 0.3) is 0 Å². The predicted molar refractivity (Wildman–Crippen MR) is 45.8 cm³/mol. The molecule has 0 aliphatic carbocycles. The van der Waals surface area contributed by atoms with Crippen LogP contribution in [-0.4, -0.2) is 12.5 Å². The van der Waals surface area contributed by atoms with E-state index in [2.05, 4.69) is 13.8 Å². The van der Waals surface area contributed by atoms with E-state index in [1.54, 1.807) is 0 Å². The first-order valence-corrected chi connectivity index (χ1v) is 4.04. The second-order valence-corrected chi connectivity index (χ2v) is 3.40. The third-order valence-corrected chi connectivity index (χ3v) is 1.63. The monoisotopic (exact) mass is 158 g/mol. The number of carbonyl (C=O) groups excluding carboxylic acids is 1. The quantitative estimate of drug-likeness (QED) is 0.611. The van der Waals surface area contributed by atoms with Gasteiger partial charge in [-0.1, -0.05) is 13.8 Å². The summed E-state index contributed by atoms with van der Waals surface area (Å²) in [5.41, 5.74) is 10.5. The molecule has 0 bridgehead atoms. The van der Waals surface area contributed by atoms with E-state index in [1.807, 2.05) is 0 Å². The van der Waals surface area contributed by atoms with Crippen LogP contribution < -0.4 is 11.5 Å². The van der Waals surface area contributed by atoms with Gasteiger partial charge in [0.15, 0.2) is 0 Å². The molecule has 1 amide bonds. The molecular formula is C8H18N2O. The van der Waals surface area contributed by atoms with Crippen LogP contribution in [-0.2, 0) is 4.79 Å². The lowest BCUT2D eigenvalue weighted by molar-refractivity contribution is -0.118. The molecular weight excluding hydrogens is 140 g/mol. The van der Waals surface area contributed by atoms with Gasteiger partial charge in [0.25, 0.3) is 0 Å². The highest BCUT2D eigenvalue weighted by Gasteiger charge is 2.11. The van der Waals surface area contributed by atoms with Gasteiger partial charge in [0.05, 0.1) is 0 Å². The second kappa shape index (κ2) is 5.13. The number of primary amides is 1. The van der Waals surface area contributed by atoms with Gasteiger partial charge in [0.1, 0.15) is 0 Å². The molecule has 0 rings (SSSR count). The van der Waals surface area contributed by atoms with Crippen molar-refractivity contribution in [2.24, 2.45) is 23.3 Å². The Balaban J connectivity index is 3.66. The van der Waals surface area contributed by atoms with Crippen molar-refractivity contribution in [2.45, 2.75) is 26.7 Å². The van der Waals surface area contributed by atoms with Crippen LogP contribution in [0.4, 0.5) is 0 Å². The summed E-state index contributed by atoms with van der Waals surface area (Å²) >= 11 is 0. The van der Waals surface area contributed by atoms with Gasteiger partial charge in [-0.15, -0.1) is 0 Å². The van der Waals surface area contributed by atoms with Crippen LogP contribution in [0.1, 0.15) is 26.7 Å². The minimum Gasteiger partial charge on any atom is -0.370 e. The lowest BCUT2D eigenvalue weighted by Gasteiger charge is -2.14. The number of rotatable bonds is 5. The zero-order valence-corrected chi connectivity index (χ0v) is 7.34. The van der Waals surface area contributed by atoms with Gasteiger partial charge in [-0.05, 0) is 24.8 Å². The van der Waals surface area contributed by atoms with Crippen LogP contribution in [0.2, 0.25) is 0 Å². The molecule has 11 heavy (non-hydrogen) atoms. The Morgan fingerprint density at radius 2 is 2.00 bits per heavy atom. The van der Waals surface area contributed by atoms with Crippen LogP contribution in [0.3, 0.4) is 0 Å². The average Bonchev–Trinajstić information content (AvgIpc) is 1.84. The molecule has 0 aliphatic heterocycles. The van der Waals surface area contributed by atoms with E-state index in [4.69, 9.17) is 11.5 Å². The zero-order chi connectivity index (χ0) is 8.85. The standard InChI is InChI=1S/C8H18N2O/c1-6(2)3-7(5-9)4-8(10)11/h6-7H,3-5,9H2,1-2H3,(H2,10,11). The maximum Gasteiger partial charge on any atom is 0.217 e. The Morgan fingerprint density at radius 1 is 1.45 bits per heavy atom. The van der Waals surface area contributed by atoms with Gasteiger partial charge in [0, 0.05) is 6.42 Å². The van der Waals surface area contributed by atoms with E-state index in [0.717, 1.165) is 6.42 Å². The van der Waals surface area contributed by atoms with E-state index in [-0.39, 0.29) is 11.8 Å². The maximum atomic E-state index is 10.5. The maximum absolute atomic E-state index is 10.5. The smallest absolute Gasteiger partial charge is 0.217 e. The Labute approximate surface area is 68.1 Å². The fourth-order valence-electron chi connectivity index (χ4n) is 1.21. The summed E-state index contributed by atoms with van der Waals surface area (Å²) in [4.78, 5) is 10.5. The lowest BCUT2D eigenvalue weighted by atomic mass is 9.94. The van der Waals surface area contributed by atoms with Crippen molar-refractivity contribution >= 4 is 5.91 Å². The molecule has 3 heteroatoms. The molecule has 4 N–H and O–H groups in total. The largest absolute Gasteiger partial charge is 0.370 e. The number of hydrogen-bond acceptors (Lipinski definition) is 2. The molecule has 1 unspecified atom stereocenters. The molecule has 0 radical (unpaired) electrons. The van der Waals surface area contributed by atoms with Gasteiger partial charge < -0.3 is 11.5 Å². The van der Waals surface area contributed by atoms with Crippen molar-refractivity contribution in [2.75, 3.05) is 6.54 Å². The van der Waals surface area contributed by atoms with Crippen LogP contribution in [0.5, 0.6) is 0 Å². The second-order valence-electron chi connectivity index (χ2n) is 3.40. The van der Waals surface area contributed by atoms with E-state index in [9.17, 15) is 4.79 Å². The summed E-state index contributed by atoms with van der Waals surface area (Å²) < 4.78 is 0. The number of hydrogen-bond donors (Lipinski definition) is 2. The van der Waals surface area contributed by atoms with Crippen molar-refractivity contribution in [3.8, 4) is 0 Å². The predicted octanol–water partition coefficient (Wildman–Crippen LogP) is 0.483. The molecule has 0 spiro atoms. The van der Waals surface area contributed by atoms with Gasteiger partial charge in [0.2, 0.25) is 5.91 Å². The lowest BCUT2D eigenvalue weighted by Crippen LogP contribution is -2.23. The molecule has 0 heterocycles. The van der Waals surface area contributed by atoms with Crippen molar-refractivity contribution in [1.82, 2.24) is 0 Å². The van der Waals surface area contributed by atoms with Crippen LogP contribution in [0.15, 0.2) is 0 Å². The average molecular weight is 158 g/mol. The molecule has 3 nitrogen and oxygen atoms in total. The summed E-state index contributed by atoms with van der Waals surface area (Å²) in [6, 6.07) is 0. The summed E-state index contributed by atoms with van der Waals surface area (Å²) in [5, 5.41) is 0. The molecule has 0 fully saturated rings. The van der Waals surface area contributed by atoms with E-state index in [0.29, 0.717) is 18.9 Å². The molecule has 0 aromatic rings. The topological polar surface area (TPSA) is 69.1 Å². The number of carbonyl (C=O) groups is 1. The molecule has 0 aromatic heterocycles. The first-order chi connectivity index (χ1) is 5.06. The minimum absolute atomic E-state index is 0.249. The van der Waals surface area contributed by atoms with Crippen molar-refractivity contribution in [3.05, 3.63) is 0 Å². The van der Waals surface area contributed by atoms with E-state index in [1.165, 1.54) is 0 Å². The summed E-state index contributed by atoms with van der Waals surface area (Å²) in [7, 11) is 0. The SMILES string of the molecule is CC(C)CC(CN)CC(N)=O. The normalized spacial score (nSPS) is 13.5. The minimum atomic E-state index is -0.249. The molecule has 66 valence electrons. The van der Waals surface area contributed by atoms with Crippen molar-refractivity contribution in [1.29, 1.82) is 0 Å². The summed E-state index contributed by atoms with van der Waals surface area (Å²) in [5.74, 6) is 0.608. The van der Waals surface area contributed by atoms with Gasteiger partial charge in [-0.25, -0.2) is 0 Å². The Kier molecular flexibility index (Phi) is 4.86. The van der Waals surface area contributed by atoms with Gasteiger partial charge in [-0.2, -0.15) is 0 Å². The third-order valence-electron chi connectivity index (χ3n) is 1.63. The molecule has 0 aromatic carbocycles. The third kappa shape index (κ3) is 5.85. The van der Waals surface area contributed by atoms with Crippen molar-refractivity contribution < 1.29 is 4.79 Å². The highest BCUT2D eigenvalue weighted by molar-refractivity contribution is 5.73. The first-order valence-electron chi connectivity index (χ1n) is 4.04. The summed E-state index contributed by atoms with van der Waals surface area (Å²) in [6.45, 7) is 4.79. The Bertz CT molecular complexity index is 123. The molecule has 1 atom stereocenters. The van der Waals surface area contributed by atoms with E-state index < -0.39 is 0 Å². The zero-order valence-electron chi connectivity index (χ0n) is 7.34. The first kappa shape index (κ1) is 10.4. The fourth-order valence-corrected chi connectivity index (χ4v) is 1.21. The van der Waals surface area contributed by atoms with Crippen LogP contribution >= 0.6 is 0 Å². The van der Waals surface area contributed by atoms with Gasteiger partial charge in [-0.3, -0.25) is 4.79 Å². The fraction of sp³-hybridized carbons (Fsp3) is 0.875. The Morgan fingerprint density at radius 3 is 2.27 bits per heavy atom. The molecule has 0 saturated carbocycles.